The molecule has 0 amide bonds. The molecule has 0 aliphatic carbocycles. The van der Waals surface area contributed by atoms with Gasteiger partial charge < -0.3 is 14.8 Å². The van der Waals surface area contributed by atoms with Crippen molar-refractivity contribution in [3.63, 3.8) is 0 Å². The quantitative estimate of drug-likeness (QED) is 0.588. The highest BCUT2D eigenvalue weighted by molar-refractivity contribution is 5.28. The second kappa shape index (κ2) is 7.91. The van der Waals surface area contributed by atoms with Gasteiger partial charge in [-0.1, -0.05) is 24.3 Å². The van der Waals surface area contributed by atoms with E-state index in [-0.39, 0.29) is 5.75 Å². The van der Waals surface area contributed by atoms with Gasteiger partial charge in [-0.3, -0.25) is 0 Å². The summed E-state index contributed by atoms with van der Waals surface area (Å²) in [4.78, 5) is 0. The Morgan fingerprint density at radius 2 is 2.10 bits per heavy atom. The van der Waals surface area contributed by atoms with E-state index >= 15 is 0 Å². The van der Waals surface area contributed by atoms with Crippen LogP contribution in [0.25, 0.3) is 0 Å². The first-order chi connectivity index (χ1) is 9.37. The number of ether oxygens (including phenoxy) is 2. The van der Waals surface area contributed by atoms with Crippen LogP contribution in [0.2, 0.25) is 0 Å². The predicted molar refractivity (Wildman–Crippen MR) is 70.5 cm³/mol. The van der Waals surface area contributed by atoms with Crippen molar-refractivity contribution in [1.29, 1.82) is 0 Å². The lowest BCUT2D eigenvalue weighted by Gasteiger charge is -2.10. The average Bonchev–Trinajstić information content (AvgIpc) is 2.31. The van der Waals surface area contributed by atoms with Gasteiger partial charge in [-0.2, -0.15) is 0 Å². The summed E-state index contributed by atoms with van der Waals surface area (Å²) in [5.41, 5.74) is 1.66. The van der Waals surface area contributed by atoms with E-state index in [1.54, 1.807) is 6.07 Å². The van der Waals surface area contributed by atoms with E-state index in [9.17, 15) is 13.2 Å². The fraction of sp³-hybridized carbons (Fsp3) is 0.429. The molecule has 1 aromatic rings. The zero-order valence-corrected chi connectivity index (χ0v) is 11.3. The Bertz CT molecular complexity index is 433. The normalized spacial score (nSPS) is 11.4. The molecule has 0 unspecified atom stereocenters. The van der Waals surface area contributed by atoms with Gasteiger partial charge in [0.05, 0.1) is 13.2 Å². The van der Waals surface area contributed by atoms with Crippen LogP contribution in [0.3, 0.4) is 0 Å². The van der Waals surface area contributed by atoms with Gasteiger partial charge in [0.2, 0.25) is 0 Å². The maximum absolute atomic E-state index is 12.1. The summed E-state index contributed by atoms with van der Waals surface area (Å²) in [5, 5.41) is 3.07. The van der Waals surface area contributed by atoms with E-state index in [2.05, 4.69) is 16.6 Å². The summed E-state index contributed by atoms with van der Waals surface area (Å²) in [5.74, 6) is -0.213. The third-order valence-corrected chi connectivity index (χ3v) is 2.23. The summed E-state index contributed by atoms with van der Waals surface area (Å²) >= 11 is 0. The molecule has 0 saturated heterocycles. The summed E-state index contributed by atoms with van der Waals surface area (Å²) in [6, 6.07) is 5.88. The standard InChI is InChI=1S/C14H18F3NO2/c1-11(2)10-19-7-6-18-9-12-4-3-5-13(8-12)20-14(15,16)17/h3-5,8,18H,1,6-7,9-10H2,2H3. The zero-order valence-electron chi connectivity index (χ0n) is 11.3. The van der Waals surface area contributed by atoms with E-state index in [4.69, 9.17) is 4.74 Å². The number of alkyl halides is 3. The number of rotatable bonds is 8. The Morgan fingerprint density at radius 1 is 1.35 bits per heavy atom. The van der Waals surface area contributed by atoms with Crippen molar-refractivity contribution in [3.05, 3.63) is 42.0 Å². The molecule has 0 spiro atoms. The van der Waals surface area contributed by atoms with Crippen LogP contribution in [-0.4, -0.2) is 26.1 Å². The molecule has 0 saturated carbocycles. The molecule has 0 aliphatic rings. The first kappa shape index (κ1) is 16.5. The van der Waals surface area contributed by atoms with Gasteiger partial charge in [-0.15, -0.1) is 13.2 Å². The van der Waals surface area contributed by atoms with E-state index in [1.807, 2.05) is 6.92 Å². The molecule has 20 heavy (non-hydrogen) atoms. The van der Waals surface area contributed by atoms with Crippen LogP contribution < -0.4 is 10.1 Å². The second-order valence-corrected chi connectivity index (χ2v) is 4.38. The minimum absolute atomic E-state index is 0.213. The molecule has 3 nitrogen and oxygen atoms in total. The number of benzene rings is 1. The summed E-state index contributed by atoms with van der Waals surface area (Å²) in [7, 11) is 0. The number of hydrogen-bond acceptors (Lipinski definition) is 3. The number of hydrogen-bond donors (Lipinski definition) is 1. The van der Waals surface area contributed by atoms with Crippen LogP contribution in [0.4, 0.5) is 13.2 Å². The highest BCUT2D eigenvalue weighted by atomic mass is 19.4. The maximum atomic E-state index is 12.1. The smallest absolute Gasteiger partial charge is 0.406 e. The molecule has 0 bridgehead atoms. The monoisotopic (exact) mass is 289 g/mol. The maximum Gasteiger partial charge on any atom is 0.573 e. The van der Waals surface area contributed by atoms with E-state index < -0.39 is 6.36 Å². The van der Waals surface area contributed by atoms with Crippen molar-refractivity contribution >= 4 is 0 Å². The molecule has 1 aromatic carbocycles. The molecule has 112 valence electrons. The Balaban J connectivity index is 2.30. The summed E-state index contributed by atoms with van der Waals surface area (Å²) in [6.45, 7) is 7.67. The largest absolute Gasteiger partial charge is 0.573 e. The third-order valence-electron chi connectivity index (χ3n) is 2.23. The topological polar surface area (TPSA) is 30.5 Å². The van der Waals surface area contributed by atoms with Crippen molar-refractivity contribution in [1.82, 2.24) is 5.32 Å². The first-order valence-electron chi connectivity index (χ1n) is 6.14. The molecular weight excluding hydrogens is 271 g/mol. The molecular formula is C14H18F3NO2. The minimum Gasteiger partial charge on any atom is -0.406 e. The van der Waals surface area contributed by atoms with Crippen molar-refractivity contribution < 1.29 is 22.6 Å². The lowest BCUT2D eigenvalue weighted by molar-refractivity contribution is -0.274. The molecule has 1 rings (SSSR count). The molecule has 0 fully saturated rings. The summed E-state index contributed by atoms with van der Waals surface area (Å²) in [6.07, 6.45) is -4.66. The van der Waals surface area contributed by atoms with Crippen LogP contribution in [0.5, 0.6) is 5.75 Å². The third kappa shape index (κ3) is 7.81. The molecule has 0 atom stereocenters. The average molecular weight is 289 g/mol. The van der Waals surface area contributed by atoms with Gasteiger partial charge in [0.1, 0.15) is 5.75 Å². The van der Waals surface area contributed by atoms with Gasteiger partial charge in [0, 0.05) is 13.1 Å². The highest BCUT2D eigenvalue weighted by Gasteiger charge is 2.31. The van der Waals surface area contributed by atoms with Crippen molar-refractivity contribution in [2.45, 2.75) is 19.8 Å². The molecule has 0 radical (unpaired) electrons. The predicted octanol–water partition coefficient (Wildman–Crippen LogP) is 3.27. The molecule has 0 heterocycles. The molecule has 1 N–H and O–H groups in total. The van der Waals surface area contributed by atoms with Gasteiger partial charge in [0.25, 0.3) is 0 Å². The first-order valence-corrected chi connectivity index (χ1v) is 6.14. The SMILES string of the molecule is C=C(C)COCCNCc1cccc(OC(F)(F)F)c1. The van der Waals surface area contributed by atoms with E-state index in [0.29, 0.717) is 31.9 Å². The Hall–Kier alpha value is -1.53. The number of nitrogens with one attached hydrogen (secondary N) is 1. The van der Waals surface area contributed by atoms with Crippen molar-refractivity contribution in [3.8, 4) is 5.75 Å². The summed E-state index contributed by atoms with van der Waals surface area (Å²) < 4.78 is 45.3. The lowest BCUT2D eigenvalue weighted by Crippen LogP contribution is -2.20. The van der Waals surface area contributed by atoms with Crippen LogP contribution in [0, 0.1) is 0 Å². The van der Waals surface area contributed by atoms with Crippen molar-refractivity contribution in [2.24, 2.45) is 0 Å². The van der Waals surface area contributed by atoms with Gasteiger partial charge in [-0.05, 0) is 24.6 Å². The van der Waals surface area contributed by atoms with Crippen LogP contribution in [0.1, 0.15) is 12.5 Å². The van der Waals surface area contributed by atoms with Crippen LogP contribution in [0.15, 0.2) is 36.4 Å². The van der Waals surface area contributed by atoms with Gasteiger partial charge in [-0.25, -0.2) is 0 Å². The van der Waals surface area contributed by atoms with E-state index in [0.717, 1.165) is 5.57 Å². The van der Waals surface area contributed by atoms with Gasteiger partial charge >= 0.3 is 6.36 Å². The zero-order chi connectivity index (χ0) is 15.0. The molecule has 0 aliphatic heterocycles. The minimum atomic E-state index is -4.66. The fourth-order valence-electron chi connectivity index (χ4n) is 1.48. The molecule has 6 heteroatoms. The van der Waals surface area contributed by atoms with Crippen LogP contribution >= 0.6 is 0 Å². The Morgan fingerprint density at radius 3 is 2.75 bits per heavy atom. The lowest BCUT2D eigenvalue weighted by atomic mass is 10.2. The fourth-order valence-corrected chi connectivity index (χ4v) is 1.48. The van der Waals surface area contributed by atoms with Gasteiger partial charge in [0.15, 0.2) is 0 Å². The number of halogens is 3. The second-order valence-electron chi connectivity index (χ2n) is 4.38. The molecule has 0 aromatic heterocycles. The van der Waals surface area contributed by atoms with E-state index in [1.165, 1.54) is 18.2 Å². The van der Waals surface area contributed by atoms with Crippen molar-refractivity contribution in [2.75, 3.05) is 19.8 Å². The Kier molecular flexibility index (Phi) is 6.54. The highest BCUT2D eigenvalue weighted by Crippen LogP contribution is 2.23. The Labute approximate surface area is 116 Å². The van der Waals surface area contributed by atoms with Crippen LogP contribution in [-0.2, 0) is 11.3 Å².